The van der Waals surface area contributed by atoms with Crippen molar-refractivity contribution in [2.45, 2.75) is 38.4 Å². The second-order valence-corrected chi connectivity index (χ2v) is 8.78. The Balaban J connectivity index is 1.56. The summed E-state index contributed by atoms with van der Waals surface area (Å²) in [6.07, 6.45) is 3.12. The largest absolute Gasteiger partial charge is 0.493 e. The van der Waals surface area contributed by atoms with Crippen molar-refractivity contribution in [3.05, 3.63) is 34.6 Å². The van der Waals surface area contributed by atoms with Gasteiger partial charge in [0.05, 0.1) is 21.3 Å². The maximum absolute atomic E-state index is 12.8. The first-order valence-corrected chi connectivity index (χ1v) is 12.3. The number of rotatable bonds is 9. The summed E-state index contributed by atoms with van der Waals surface area (Å²) in [5, 5.41) is 0.780. The van der Waals surface area contributed by atoms with Crippen LogP contribution in [0.2, 0.25) is 0 Å². The van der Waals surface area contributed by atoms with Crippen molar-refractivity contribution in [3.8, 4) is 17.2 Å². The lowest BCUT2D eigenvalue weighted by atomic mass is 10.1. The SMILES string of the molecule is COc1ccc(CN2CCN(C(=O)CCc3c(C)nc(SC)nc3C)CC2)c(OC)c1OC. The van der Waals surface area contributed by atoms with Crippen molar-refractivity contribution in [3.63, 3.8) is 0 Å². The first-order chi connectivity index (χ1) is 15.9. The van der Waals surface area contributed by atoms with Gasteiger partial charge in [-0.05, 0) is 38.2 Å². The molecule has 8 nitrogen and oxygen atoms in total. The van der Waals surface area contributed by atoms with Crippen LogP contribution in [0.1, 0.15) is 28.9 Å². The standard InChI is InChI=1S/C24H34N4O4S/c1-16-19(17(2)26-24(25-16)33-6)8-10-21(29)28-13-11-27(12-14-28)15-18-7-9-20(30-3)23(32-5)22(18)31-4/h7,9H,8,10-15H2,1-6H3. The molecule has 0 bridgehead atoms. The Hall–Kier alpha value is -2.52. The van der Waals surface area contributed by atoms with E-state index < -0.39 is 0 Å². The topological polar surface area (TPSA) is 77.0 Å². The van der Waals surface area contributed by atoms with Crippen LogP contribution < -0.4 is 14.2 Å². The number of amides is 1. The predicted octanol–water partition coefficient (Wildman–Crippen LogP) is 3.12. The number of carbonyl (C=O) groups excluding carboxylic acids is 1. The molecule has 1 saturated heterocycles. The quantitative estimate of drug-likeness (QED) is 0.405. The number of hydrogen-bond acceptors (Lipinski definition) is 8. The molecule has 180 valence electrons. The lowest BCUT2D eigenvalue weighted by molar-refractivity contribution is -0.133. The molecule has 1 fully saturated rings. The minimum Gasteiger partial charge on any atom is -0.493 e. The normalized spacial score (nSPS) is 14.3. The van der Waals surface area contributed by atoms with Crippen molar-refractivity contribution < 1.29 is 19.0 Å². The number of aromatic nitrogens is 2. The molecule has 3 rings (SSSR count). The molecule has 1 aromatic carbocycles. The number of hydrogen-bond donors (Lipinski definition) is 0. The van der Waals surface area contributed by atoms with E-state index in [1.807, 2.05) is 37.1 Å². The summed E-state index contributed by atoms with van der Waals surface area (Å²) in [4.78, 5) is 26.2. The van der Waals surface area contributed by atoms with Gasteiger partial charge in [-0.25, -0.2) is 9.97 Å². The smallest absolute Gasteiger partial charge is 0.222 e. The number of thioether (sulfide) groups is 1. The number of ether oxygens (including phenoxy) is 3. The van der Waals surface area contributed by atoms with Gasteiger partial charge in [-0.15, -0.1) is 0 Å². The molecule has 1 aromatic heterocycles. The zero-order valence-electron chi connectivity index (χ0n) is 20.4. The molecular weight excluding hydrogens is 440 g/mol. The molecule has 0 saturated carbocycles. The number of nitrogens with zero attached hydrogens (tertiary/aromatic N) is 4. The third-order valence-electron chi connectivity index (χ3n) is 6.08. The van der Waals surface area contributed by atoms with Gasteiger partial charge in [0.15, 0.2) is 16.7 Å². The zero-order valence-corrected chi connectivity index (χ0v) is 21.3. The highest BCUT2D eigenvalue weighted by Crippen LogP contribution is 2.40. The Morgan fingerprint density at radius 3 is 2.15 bits per heavy atom. The molecule has 0 aliphatic carbocycles. The van der Waals surface area contributed by atoms with Gasteiger partial charge in [0.2, 0.25) is 11.7 Å². The third-order valence-corrected chi connectivity index (χ3v) is 6.62. The van der Waals surface area contributed by atoms with Crippen molar-refractivity contribution in [1.82, 2.24) is 19.8 Å². The van der Waals surface area contributed by atoms with E-state index in [2.05, 4.69) is 14.9 Å². The van der Waals surface area contributed by atoms with Gasteiger partial charge in [-0.3, -0.25) is 9.69 Å². The third kappa shape index (κ3) is 5.89. The fourth-order valence-corrected chi connectivity index (χ4v) is 4.69. The van der Waals surface area contributed by atoms with Gasteiger partial charge in [-0.2, -0.15) is 0 Å². The molecule has 33 heavy (non-hydrogen) atoms. The van der Waals surface area contributed by atoms with Crippen LogP contribution in [0.25, 0.3) is 0 Å². The summed E-state index contributed by atoms with van der Waals surface area (Å²) in [5.41, 5.74) is 4.05. The molecule has 1 aliphatic rings. The maximum Gasteiger partial charge on any atom is 0.222 e. The van der Waals surface area contributed by atoms with Gasteiger partial charge in [0.25, 0.3) is 0 Å². The number of benzene rings is 1. The van der Waals surface area contributed by atoms with E-state index in [1.165, 1.54) is 11.8 Å². The molecule has 2 heterocycles. The van der Waals surface area contributed by atoms with Crippen molar-refractivity contribution >= 4 is 17.7 Å². The van der Waals surface area contributed by atoms with Gasteiger partial charge in [0, 0.05) is 56.1 Å². The Bertz CT molecular complexity index is 954. The van der Waals surface area contributed by atoms with E-state index in [0.717, 1.165) is 47.3 Å². The second kappa shape index (κ2) is 11.6. The molecular formula is C24H34N4O4S. The molecule has 2 aromatic rings. The Kier molecular flexibility index (Phi) is 8.80. The molecule has 0 spiro atoms. The van der Waals surface area contributed by atoms with E-state index in [1.54, 1.807) is 21.3 Å². The molecule has 0 atom stereocenters. The number of aryl methyl sites for hydroxylation is 2. The number of piperazine rings is 1. The van der Waals surface area contributed by atoms with Crippen LogP contribution in [0.5, 0.6) is 17.2 Å². The van der Waals surface area contributed by atoms with Crippen LogP contribution in [0.4, 0.5) is 0 Å². The average molecular weight is 475 g/mol. The summed E-state index contributed by atoms with van der Waals surface area (Å²) in [7, 11) is 4.86. The van der Waals surface area contributed by atoms with Crippen LogP contribution in [-0.4, -0.2) is 79.4 Å². The fourth-order valence-electron chi connectivity index (χ4n) is 4.24. The molecule has 1 amide bonds. The second-order valence-electron chi connectivity index (χ2n) is 8.01. The van der Waals surface area contributed by atoms with Gasteiger partial charge >= 0.3 is 0 Å². The summed E-state index contributed by atoms with van der Waals surface area (Å²) >= 11 is 1.54. The van der Waals surface area contributed by atoms with Crippen molar-refractivity contribution in [1.29, 1.82) is 0 Å². The Morgan fingerprint density at radius 2 is 1.61 bits per heavy atom. The fraction of sp³-hybridized carbons (Fsp3) is 0.542. The minimum atomic E-state index is 0.186. The van der Waals surface area contributed by atoms with Gasteiger partial charge in [0.1, 0.15) is 0 Å². The average Bonchev–Trinajstić information content (AvgIpc) is 2.83. The summed E-state index contributed by atoms with van der Waals surface area (Å²) in [5.74, 6) is 2.13. The van der Waals surface area contributed by atoms with E-state index in [-0.39, 0.29) is 5.91 Å². The van der Waals surface area contributed by atoms with E-state index in [4.69, 9.17) is 14.2 Å². The van der Waals surface area contributed by atoms with Crippen molar-refractivity contribution in [2.24, 2.45) is 0 Å². The van der Waals surface area contributed by atoms with E-state index in [0.29, 0.717) is 43.2 Å². The molecule has 1 aliphatic heterocycles. The summed E-state index contributed by atoms with van der Waals surface area (Å²) in [6, 6.07) is 3.91. The van der Waals surface area contributed by atoms with E-state index in [9.17, 15) is 4.79 Å². The van der Waals surface area contributed by atoms with Crippen LogP contribution in [0.3, 0.4) is 0 Å². The highest BCUT2D eigenvalue weighted by molar-refractivity contribution is 7.98. The number of methoxy groups -OCH3 is 3. The van der Waals surface area contributed by atoms with E-state index >= 15 is 0 Å². The predicted molar refractivity (Wildman–Crippen MR) is 130 cm³/mol. The lowest BCUT2D eigenvalue weighted by Crippen LogP contribution is -2.48. The molecule has 0 radical (unpaired) electrons. The molecule has 0 unspecified atom stereocenters. The van der Waals surface area contributed by atoms with Gasteiger partial charge in [-0.1, -0.05) is 17.8 Å². The van der Waals surface area contributed by atoms with Gasteiger partial charge < -0.3 is 19.1 Å². The summed E-state index contributed by atoms with van der Waals surface area (Å²) < 4.78 is 16.5. The van der Waals surface area contributed by atoms with Crippen molar-refractivity contribution in [2.75, 3.05) is 53.8 Å². The Morgan fingerprint density at radius 1 is 0.970 bits per heavy atom. The maximum atomic E-state index is 12.8. The highest BCUT2D eigenvalue weighted by atomic mass is 32.2. The van der Waals surface area contributed by atoms with Crippen LogP contribution in [0, 0.1) is 13.8 Å². The highest BCUT2D eigenvalue weighted by Gasteiger charge is 2.24. The first-order valence-electron chi connectivity index (χ1n) is 11.1. The van der Waals surface area contributed by atoms with Crippen LogP contribution in [0.15, 0.2) is 17.3 Å². The summed E-state index contributed by atoms with van der Waals surface area (Å²) in [6.45, 7) is 7.77. The zero-order chi connectivity index (χ0) is 24.0. The van der Waals surface area contributed by atoms with Crippen LogP contribution in [-0.2, 0) is 17.8 Å². The first kappa shape index (κ1) is 25.1. The van der Waals surface area contributed by atoms with Crippen LogP contribution >= 0.6 is 11.8 Å². The minimum absolute atomic E-state index is 0.186. The Labute approximate surface area is 200 Å². The molecule has 9 heteroatoms. The number of carbonyl (C=O) groups is 1. The monoisotopic (exact) mass is 474 g/mol. The lowest BCUT2D eigenvalue weighted by Gasteiger charge is -2.35. The molecule has 0 N–H and O–H groups in total.